The van der Waals surface area contributed by atoms with E-state index in [1.807, 2.05) is 0 Å². The zero-order valence-corrected chi connectivity index (χ0v) is 18.1. The Labute approximate surface area is 176 Å². The molecule has 4 aliphatic rings. The van der Waals surface area contributed by atoms with Gasteiger partial charge in [-0.1, -0.05) is 13.8 Å². The molecule has 4 saturated carbocycles. The number of carbonyl (C=O) groups is 2. The summed E-state index contributed by atoms with van der Waals surface area (Å²) in [7, 11) is 0. The normalized spacial score (nSPS) is 48.3. The van der Waals surface area contributed by atoms with Gasteiger partial charge in [0.15, 0.2) is 5.78 Å². The Hall–Kier alpha value is -1.11. The van der Waals surface area contributed by atoms with Crippen LogP contribution in [-0.2, 0) is 9.59 Å². The second-order valence-corrected chi connectivity index (χ2v) is 11.0. The number of nitrogens with one attached hydrogen (secondary N) is 1. The van der Waals surface area contributed by atoms with Crippen LogP contribution < -0.4 is 5.32 Å². The Morgan fingerprint density at radius 1 is 0.967 bits per heavy atom. The van der Waals surface area contributed by atoms with Crippen molar-refractivity contribution < 1.29 is 27.9 Å². The van der Waals surface area contributed by atoms with Crippen LogP contribution in [0.3, 0.4) is 0 Å². The summed E-state index contributed by atoms with van der Waals surface area (Å²) >= 11 is 0. The zero-order chi connectivity index (χ0) is 22.1. The molecule has 4 aliphatic carbocycles. The van der Waals surface area contributed by atoms with Crippen LogP contribution in [0, 0.1) is 34.5 Å². The number of alkyl halides is 3. The molecule has 0 saturated heterocycles. The standard InChI is InChI=1S/C23H34F3NO3/c1-13(28)22(30)11-8-18-16-5-4-14-12-15(27-19(29)23(24,25)26)6-9-20(14,2)17(16)7-10-21(18,22)3/h14-18,30H,4-12H2,1-3H3,(H,27,29)/t14-,15+,16+,17-,18-,20-,21-,22-/m0/s1. The van der Waals surface area contributed by atoms with Crippen LogP contribution in [0.1, 0.15) is 78.6 Å². The van der Waals surface area contributed by atoms with Gasteiger partial charge in [0.05, 0.1) is 0 Å². The number of Topliss-reactive ketones (excluding diaryl/α,β-unsaturated/α-hetero) is 1. The summed E-state index contributed by atoms with van der Waals surface area (Å²) in [4.78, 5) is 23.7. The first-order valence-corrected chi connectivity index (χ1v) is 11.4. The largest absolute Gasteiger partial charge is 0.471 e. The third-order valence-corrected chi connectivity index (χ3v) is 9.99. The molecule has 0 aromatic heterocycles. The Morgan fingerprint density at radius 2 is 1.63 bits per heavy atom. The van der Waals surface area contributed by atoms with Gasteiger partial charge in [-0.15, -0.1) is 0 Å². The van der Waals surface area contributed by atoms with Gasteiger partial charge < -0.3 is 10.4 Å². The Kier molecular flexibility index (Phi) is 5.11. The van der Waals surface area contributed by atoms with Crippen molar-refractivity contribution in [2.75, 3.05) is 0 Å². The lowest BCUT2D eigenvalue weighted by Crippen LogP contribution is -2.59. The first-order chi connectivity index (χ1) is 13.8. The molecule has 0 aromatic rings. The number of rotatable bonds is 2. The Bertz CT molecular complexity index is 740. The van der Waals surface area contributed by atoms with Crippen molar-refractivity contribution in [3.8, 4) is 0 Å². The summed E-state index contributed by atoms with van der Waals surface area (Å²) in [5.74, 6) is -0.379. The molecular formula is C23H34F3NO3. The van der Waals surface area contributed by atoms with E-state index in [0.29, 0.717) is 42.9 Å². The van der Waals surface area contributed by atoms with E-state index >= 15 is 0 Å². The molecule has 0 aliphatic heterocycles. The number of hydrogen-bond acceptors (Lipinski definition) is 3. The fourth-order valence-electron chi connectivity index (χ4n) is 8.25. The van der Waals surface area contributed by atoms with Crippen molar-refractivity contribution in [3.63, 3.8) is 0 Å². The van der Waals surface area contributed by atoms with Crippen LogP contribution in [0.25, 0.3) is 0 Å². The maximum atomic E-state index is 12.7. The van der Waals surface area contributed by atoms with Crippen molar-refractivity contribution in [1.29, 1.82) is 0 Å². The molecule has 0 unspecified atom stereocenters. The smallest absolute Gasteiger partial charge is 0.382 e. The molecular weight excluding hydrogens is 395 g/mol. The van der Waals surface area contributed by atoms with Crippen LogP contribution in [0.2, 0.25) is 0 Å². The number of amides is 1. The SMILES string of the molecule is CC(=O)[C@@]1(O)CC[C@H]2[C@@H]3CC[C@H]4C[C@H](NC(=O)C(F)(F)F)CC[C@]4(C)[C@H]3CC[C@@]21C. The minimum Gasteiger partial charge on any atom is -0.382 e. The zero-order valence-electron chi connectivity index (χ0n) is 18.1. The molecule has 4 rings (SSSR count). The van der Waals surface area contributed by atoms with E-state index in [4.69, 9.17) is 0 Å². The molecule has 0 heterocycles. The molecule has 7 heteroatoms. The predicted molar refractivity (Wildman–Crippen MR) is 105 cm³/mol. The van der Waals surface area contributed by atoms with Gasteiger partial charge in [-0.05, 0) is 93.8 Å². The van der Waals surface area contributed by atoms with E-state index in [1.54, 1.807) is 0 Å². The summed E-state index contributed by atoms with van der Waals surface area (Å²) in [6, 6.07) is -0.406. The average Bonchev–Trinajstić information content (AvgIpc) is 2.94. The lowest BCUT2D eigenvalue weighted by molar-refractivity contribution is -0.177. The molecule has 0 radical (unpaired) electrons. The number of aliphatic hydroxyl groups is 1. The van der Waals surface area contributed by atoms with Gasteiger partial charge in [-0.2, -0.15) is 13.2 Å². The molecule has 0 spiro atoms. The van der Waals surface area contributed by atoms with Gasteiger partial charge in [-0.3, -0.25) is 9.59 Å². The highest BCUT2D eigenvalue weighted by Gasteiger charge is 2.66. The highest BCUT2D eigenvalue weighted by Crippen LogP contribution is 2.68. The Balaban J connectivity index is 1.50. The van der Waals surface area contributed by atoms with Crippen molar-refractivity contribution in [2.24, 2.45) is 34.5 Å². The third kappa shape index (κ3) is 3.05. The summed E-state index contributed by atoms with van der Waals surface area (Å²) in [6.45, 7) is 5.90. The van der Waals surface area contributed by atoms with E-state index in [0.717, 1.165) is 38.5 Å². The molecule has 4 nitrogen and oxygen atoms in total. The van der Waals surface area contributed by atoms with Gasteiger partial charge in [0.2, 0.25) is 0 Å². The monoisotopic (exact) mass is 429 g/mol. The molecule has 0 bridgehead atoms. The van der Waals surface area contributed by atoms with Crippen LogP contribution in [0.15, 0.2) is 0 Å². The van der Waals surface area contributed by atoms with Crippen LogP contribution in [0.4, 0.5) is 13.2 Å². The minimum absolute atomic E-state index is 0.0562. The summed E-state index contributed by atoms with van der Waals surface area (Å²) < 4.78 is 38.0. The van der Waals surface area contributed by atoms with E-state index in [1.165, 1.54) is 6.92 Å². The summed E-state index contributed by atoms with van der Waals surface area (Å²) in [6.07, 6.45) is 2.32. The predicted octanol–water partition coefficient (Wildman–Crippen LogP) is 4.40. The number of carbonyl (C=O) groups excluding carboxylic acids is 2. The van der Waals surface area contributed by atoms with E-state index in [-0.39, 0.29) is 16.6 Å². The summed E-state index contributed by atoms with van der Waals surface area (Å²) in [5, 5.41) is 13.4. The van der Waals surface area contributed by atoms with Crippen LogP contribution in [-0.4, -0.2) is 34.6 Å². The minimum atomic E-state index is -4.83. The molecule has 170 valence electrons. The van der Waals surface area contributed by atoms with E-state index in [2.05, 4.69) is 19.2 Å². The quantitative estimate of drug-likeness (QED) is 0.684. The molecule has 0 aromatic carbocycles. The maximum Gasteiger partial charge on any atom is 0.471 e. The van der Waals surface area contributed by atoms with Crippen molar-refractivity contribution in [1.82, 2.24) is 5.32 Å². The highest BCUT2D eigenvalue weighted by molar-refractivity contribution is 5.86. The third-order valence-electron chi connectivity index (χ3n) is 9.99. The number of ketones is 1. The van der Waals surface area contributed by atoms with Crippen molar-refractivity contribution in [3.05, 3.63) is 0 Å². The van der Waals surface area contributed by atoms with Gasteiger partial charge in [0.1, 0.15) is 5.60 Å². The number of hydrogen-bond donors (Lipinski definition) is 2. The lowest BCUT2D eigenvalue weighted by Gasteiger charge is -2.61. The summed E-state index contributed by atoms with van der Waals surface area (Å²) in [5.41, 5.74) is -1.54. The lowest BCUT2D eigenvalue weighted by atomic mass is 9.44. The van der Waals surface area contributed by atoms with Crippen molar-refractivity contribution >= 4 is 11.7 Å². The number of halogens is 3. The number of fused-ring (bicyclic) bond motifs is 5. The van der Waals surface area contributed by atoms with Gasteiger partial charge in [-0.25, -0.2) is 0 Å². The molecule has 2 N–H and O–H groups in total. The molecule has 8 atom stereocenters. The Morgan fingerprint density at radius 3 is 2.27 bits per heavy atom. The van der Waals surface area contributed by atoms with E-state index in [9.17, 15) is 27.9 Å². The van der Waals surface area contributed by atoms with Crippen LogP contribution >= 0.6 is 0 Å². The fraction of sp³-hybridized carbons (Fsp3) is 0.913. The maximum absolute atomic E-state index is 12.7. The van der Waals surface area contributed by atoms with Gasteiger partial charge in [0.25, 0.3) is 0 Å². The first kappa shape index (κ1) is 22.1. The molecule has 30 heavy (non-hydrogen) atoms. The molecule has 1 amide bonds. The molecule has 4 fully saturated rings. The van der Waals surface area contributed by atoms with Gasteiger partial charge in [0, 0.05) is 11.5 Å². The highest BCUT2D eigenvalue weighted by atomic mass is 19.4. The second kappa shape index (κ2) is 6.94. The van der Waals surface area contributed by atoms with Crippen molar-refractivity contribution in [2.45, 2.75) is 96.4 Å². The fourth-order valence-corrected chi connectivity index (χ4v) is 8.25. The van der Waals surface area contributed by atoms with Crippen LogP contribution in [0.5, 0.6) is 0 Å². The second-order valence-electron chi connectivity index (χ2n) is 11.0. The van der Waals surface area contributed by atoms with Gasteiger partial charge >= 0.3 is 12.1 Å². The topological polar surface area (TPSA) is 66.4 Å². The first-order valence-electron chi connectivity index (χ1n) is 11.4. The average molecular weight is 430 g/mol. The van der Waals surface area contributed by atoms with E-state index < -0.39 is 23.7 Å².